The van der Waals surface area contributed by atoms with Gasteiger partial charge < -0.3 is 10.8 Å². The first-order chi connectivity index (χ1) is 4.46. The molecule has 0 saturated heterocycles. The molecule has 0 aromatic rings. The van der Waals surface area contributed by atoms with Gasteiger partial charge in [-0.1, -0.05) is 0 Å². The second-order valence-corrected chi connectivity index (χ2v) is 1.20. The highest BCUT2D eigenvalue weighted by atomic mass is 16.7. The van der Waals surface area contributed by atoms with E-state index in [2.05, 4.69) is 5.73 Å². The molecule has 0 heterocycles. The van der Waals surface area contributed by atoms with Gasteiger partial charge in [-0.3, -0.25) is 20.2 Å². The van der Waals surface area contributed by atoms with Crippen LogP contribution in [0.15, 0.2) is 11.7 Å². The highest BCUT2D eigenvalue weighted by Crippen LogP contribution is 1.94. The molecule has 0 aromatic heterocycles. The molecule has 0 atom stereocenters. The molecule has 0 unspecified atom stereocenters. The van der Waals surface area contributed by atoms with Gasteiger partial charge in [-0.15, -0.1) is 0 Å². The van der Waals surface area contributed by atoms with Crippen molar-refractivity contribution in [2.45, 2.75) is 0 Å². The molecule has 0 aliphatic rings. The average Bonchev–Trinajstić information content (AvgIpc) is 1.59. The molecule has 0 aliphatic carbocycles. The van der Waals surface area contributed by atoms with E-state index in [1.807, 2.05) is 0 Å². The SMILES string of the molecule is NC([O-])=C([N+](=O)[O-])[N+](=O)[O-]. The van der Waals surface area contributed by atoms with Crippen molar-refractivity contribution < 1.29 is 15.0 Å². The smallest absolute Gasteiger partial charge is 0.566 e. The molecule has 0 radical (unpaired) electrons. The summed E-state index contributed by atoms with van der Waals surface area (Å²) in [5.41, 5.74) is 4.28. The molecule has 0 spiro atoms. The molecule has 0 amide bonds. The van der Waals surface area contributed by atoms with Crippen molar-refractivity contribution in [2.75, 3.05) is 0 Å². The van der Waals surface area contributed by atoms with Crippen molar-refractivity contribution in [1.29, 1.82) is 0 Å². The Labute approximate surface area is 53.9 Å². The van der Waals surface area contributed by atoms with Crippen molar-refractivity contribution >= 4 is 0 Å². The van der Waals surface area contributed by atoms with Gasteiger partial charge in [-0.25, -0.2) is 0 Å². The van der Waals surface area contributed by atoms with E-state index in [1.54, 1.807) is 0 Å². The Morgan fingerprint density at radius 2 is 1.50 bits per heavy atom. The topological polar surface area (TPSA) is 135 Å². The van der Waals surface area contributed by atoms with Gasteiger partial charge in [0, 0.05) is 0 Å². The Bertz CT molecular complexity index is 187. The predicted octanol–water partition coefficient (Wildman–Crippen LogP) is -2.01. The fraction of sp³-hybridized carbons (Fsp3) is 0. The summed E-state index contributed by atoms with van der Waals surface area (Å²) in [6.07, 6.45) is 0. The van der Waals surface area contributed by atoms with E-state index >= 15 is 0 Å². The lowest BCUT2D eigenvalue weighted by atomic mass is 10.7. The first-order valence-electron chi connectivity index (χ1n) is 1.92. The van der Waals surface area contributed by atoms with E-state index in [-0.39, 0.29) is 0 Å². The lowest BCUT2D eigenvalue weighted by molar-refractivity contribution is -0.626. The van der Waals surface area contributed by atoms with Gasteiger partial charge in [0.05, 0.1) is 0 Å². The first-order valence-corrected chi connectivity index (χ1v) is 1.92. The molecule has 0 aromatic carbocycles. The Hall–Kier alpha value is -1.86. The van der Waals surface area contributed by atoms with E-state index in [4.69, 9.17) is 0 Å². The molecule has 10 heavy (non-hydrogen) atoms. The third kappa shape index (κ3) is 1.58. The zero-order valence-electron chi connectivity index (χ0n) is 4.51. The van der Waals surface area contributed by atoms with E-state index < -0.39 is 21.6 Å². The molecule has 2 N–H and O–H groups in total. The lowest BCUT2D eigenvalue weighted by Gasteiger charge is -1.97. The Balaban J connectivity index is 4.79. The quantitative estimate of drug-likeness (QED) is 0.273. The van der Waals surface area contributed by atoms with E-state index in [0.29, 0.717) is 0 Å². The Kier molecular flexibility index (Phi) is 2.13. The molecule has 8 heteroatoms. The van der Waals surface area contributed by atoms with Gasteiger partial charge >= 0.3 is 5.82 Å². The van der Waals surface area contributed by atoms with Gasteiger partial charge in [-0.2, -0.15) is 0 Å². The van der Waals surface area contributed by atoms with Crippen LogP contribution in [-0.4, -0.2) is 9.85 Å². The van der Waals surface area contributed by atoms with Crippen LogP contribution in [0.25, 0.3) is 0 Å². The third-order valence-electron chi connectivity index (χ3n) is 0.566. The normalized spacial score (nSPS) is 8.40. The van der Waals surface area contributed by atoms with E-state index in [1.165, 1.54) is 0 Å². The van der Waals surface area contributed by atoms with Crippen LogP contribution in [0.1, 0.15) is 0 Å². The Morgan fingerprint density at radius 3 is 1.50 bits per heavy atom. The van der Waals surface area contributed by atoms with Gasteiger partial charge in [0.25, 0.3) is 0 Å². The van der Waals surface area contributed by atoms with Gasteiger partial charge in [0.2, 0.25) is 0 Å². The maximum Gasteiger partial charge on any atom is 0.566 e. The predicted molar refractivity (Wildman–Crippen MR) is 25.2 cm³/mol. The molecule has 8 nitrogen and oxygen atoms in total. The first kappa shape index (κ1) is 8.14. The minimum Gasteiger partial charge on any atom is -0.851 e. The minimum atomic E-state index is -1.72. The zero-order valence-corrected chi connectivity index (χ0v) is 4.51. The summed E-state index contributed by atoms with van der Waals surface area (Å²) in [6, 6.07) is 0. The van der Waals surface area contributed by atoms with Gasteiger partial charge in [0.1, 0.15) is 15.7 Å². The maximum absolute atomic E-state index is 9.88. The fourth-order valence-electron chi connectivity index (χ4n) is 0.247. The monoisotopic (exact) mass is 148 g/mol. The number of hydrogen-bond donors (Lipinski definition) is 1. The van der Waals surface area contributed by atoms with Crippen molar-refractivity contribution in [3.8, 4) is 0 Å². The van der Waals surface area contributed by atoms with Gasteiger partial charge in [0.15, 0.2) is 0 Å². The van der Waals surface area contributed by atoms with Crippen LogP contribution in [0.2, 0.25) is 0 Å². The van der Waals surface area contributed by atoms with Crippen molar-refractivity contribution in [3.63, 3.8) is 0 Å². The van der Waals surface area contributed by atoms with Crippen LogP contribution in [0.3, 0.4) is 0 Å². The summed E-state index contributed by atoms with van der Waals surface area (Å²) in [5, 5.41) is 29.1. The number of nitrogens with zero attached hydrogens (tertiary/aromatic N) is 2. The summed E-state index contributed by atoms with van der Waals surface area (Å²) >= 11 is 0. The van der Waals surface area contributed by atoms with Crippen molar-refractivity contribution in [1.82, 2.24) is 0 Å². The van der Waals surface area contributed by atoms with E-state index in [9.17, 15) is 25.3 Å². The summed E-state index contributed by atoms with van der Waals surface area (Å²) < 4.78 is 0. The number of nitrogens with two attached hydrogens (primary N) is 1. The van der Waals surface area contributed by atoms with Crippen LogP contribution in [0.5, 0.6) is 0 Å². The van der Waals surface area contributed by atoms with Crippen LogP contribution < -0.4 is 10.8 Å². The van der Waals surface area contributed by atoms with E-state index in [0.717, 1.165) is 0 Å². The van der Waals surface area contributed by atoms with Crippen LogP contribution in [0, 0.1) is 20.2 Å². The summed E-state index contributed by atoms with van der Waals surface area (Å²) in [7, 11) is 0. The highest BCUT2D eigenvalue weighted by Gasteiger charge is 2.25. The fourth-order valence-corrected chi connectivity index (χ4v) is 0.247. The van der Waals surface area contributed by atoms with Crippen LogP contribution in [-0.2, 0) is 0 Å². The molecule has 0 rings (SSSR count). The largest absolute Gasteiger partial charge is 0.851 e. The molecule has 0 bridgehead atoms. The average molecular weight is 148 g/mol. The standard InChI is InChI=1S/C2H3N3O5/c3-1(6)2(4(7)8)5(9)10/h6H,3H2/p-1. The lowest BCUT2D eigenvalue weighted by Crippen LogP contribution is -2.24. The number of hydrogen-bond acceptors (Lipinski definition) is 6. The zero-order chi connectivity index (χ0) is 8.31. The minimum absolute atomic E-state index is 1.44. The van der Waals surface area contributed by atoms with Crippen molar-refractivity contribution in [3.05, 3.63) is 31.9 Å². The molecular weight excluding hydrogens is 146 g/mol. The van der Waals surface area contributed by atoms with Gasteiger partial charge in [-0.05, 0) is 0 Å². The maximum atomic E-state index is 9.88. The second-order valence-electron chi connectivity index (χ2n) is 1.20. The second kappa shape index (κ2) is 2.62. The third-order valence-corrected chi connectivity index (χ3v) is 0.566. The molecule has 0 fully saturated rings. The molecule has 56 valence electrons. The summed E-state index contributed by atoms with van der Waals surface area (Å²) in [5.74, 6) is -3.38. The summed E-state index contributed by atoms with van der Waals surface area (Å²) in [4.78, 5) is 16.3. The summed E-state index contributed by atoms with van der Waals surface area (Å²) in [6.45, 7) is 0. The van der Waals surface area contributed by atoms with Crippen LogP contribution >= 0.6 is 0 Å². The van der Waals surface area contributed by atoms with Crippen LogP contribution in [0.4, 0.5) is 0 Å². The molecule has 0 saturated carbocycles. The Morgan fingerprint density at radius 1 is 1.20 bits per heavy atom. The number of nitro groups is 2. The molecular formula is C2H2N3O5-. The highest BCUT2D eigenvalue weighted by molar-refractivity contribution is 4.81. The molecule has 0 aliphatic heterocycles. The number of rotatable bonds is 2. The van der Waals surface area contributed by atoms with Crippen molar-refractivity contribution in [2.24, 2.45) is 5.73 Å².